The summed E-state index contributed by atoms with van der Waals surface area (Å²) in [5.41, 5.74) is 1.60. The number of aromatic carboxylic acids is 1. The minimum atomic E-state index is -1.19. The number of hydrogen-bond donors (Lipinski definition) is 3. The number of carboxylic acid groups (broad SMARTS) is 2. The predicted molar refractivity (Wildman–Crippen MR) is 104 cm³/mol. The Balaban J connectivity index is 1.89. The average Bonchev–Trinajstić information content (AvgIpc) is 3.26. The fourth-order valence-electron chi connectivity index (χ4n) is 2.36. The highest BCUT2D eigenvalue weighted by atomic mass is 79.9. The number of furan rings is 1. The third-order valence-corrected chi connectivity index (χ3v) is 5.74. The first-order valence-electron chi connectivity index (χ1n) is 7.72. The van der Waals surface area contributed by atoms with Gasteiger partial charge in [0.05, 0.1) is 22.2 Å². The quantitative estimate of drug-likeness (QED) is 0.460. The summed E-state index contributed by atoms with van der Waals surface area (Å²) in [5.74, 6) is -1.57. The van der Waals surface area contributed by atoms with Gasteiger partial charge in [0.1, 0.15) is 5.76 Å². The van der Waals surface area contributed by atoms with Crippen molar-refractivity contribution >= 4 is 44.9 Å². The van der Waals surface area contributed by atoms with E-state index in [1.165, 1.54) is 0 Å². The molecule has 0 radical (unpaired) electrons. The molecule has 0 spiro atoms. The van der Waals surface area contributed by atoms with Crippen LogP contribution in [0.3, 0.4) is 0 Å². The van der Waals surface area contributed by atoms with E-state index in [0.29, 0.717) is 15.9 Å². The average molecular weight is 452 g/mol. The second-order valence-electron chi connectivity index (χ2n) is 5.40. The van der Waals surface area contributed by atoms with Crippen LogP contribution in [-0.4, -0.2) is 28.8 Å². The van der Waals surface area contributed by atoms with Gasteiger partial charge in [-0.25, -0.2) is 9.59 Å². The highest BCUT2D eigenvalue weighted by molar-refractivity contribution is 9.10. The molecule has 140 valence electrons. The van der Waals surface area contributed by atoms with Crippen molar-refractivity contribution in [1.82, 2.24) is 0 Å². The molecule has 0 aliphatic rings. The lowest BCUT2D eigenvalue weighted by Crippen LogP contribution is -2.11. The number of nitrogens with one attached hydrogen (secondary N) is 1. The number of aliphatic carboxylic acids is 1. The van der Waals surface area contributed by atoms with E-state index in [4.69, 9.17) is 14.3 Å². The van der Waals surface area contributed by atoms with Gasteiger partial charge in [0.25, 0.3) is 0 Å². The molecule has 0 fully saturated rings. The molecule has 0 bridgehead atoms. The summed E-state index contributed by atoms with van der Waals surface area (Å²) in [6.45, 7) is -0.116. The zero-order valence-electron chi connectivity index (χ0n) is 13.8. The summed E-state index contributed by atoms with van der Waals surface area (Å²) in [4.78, 5) is 22.8. The van der Waals surface area contributed by atoms with Crippen molar-refractivity contribution in [1.29, 1.82) is 0 Å². The molecule has 0 aliphatic carbocycles. The van der Waals surface area contributed by atoms with E-state index in [-0.39, 0.29) is 10.6 Å². The molecule has 3 N–H and O–H groups in total. The number of halogens is 1. The van der Waals surface area contributed by atoms with E-state index in [1.807, 2.05) is 36.4 Å². The number of benzene rings is 1. The molecule has 0 saturated heterocycles. The molecular formula is C18H14BrNO6S. The van der Waals surface area contributed by atoms with E-state index in [2.05, 4.69) is 21.2 Å². The summed E-state index contributed by atoms with van der Waals surface area (Å²) in [6.07, 6.45) is 1.60. The molecule has 0 saturated carbocycles. The summed E-state index contributed by atoms with van der Waals surface area (Å²) in [6, 6.07) is 11.1. The molecule has 9 heteroatoms. The Morgan fingerprint density at radius 1 is 1.22 bits per heavy atom. The van der Waals surface area contributed by atoms with Crippen LogP contribution in [0, 0.1) is 0 Å². The van der Waals surface area contributed by atoms with Gasteiger partial charge >= 0.3 is 11.9 Å². The molecule has 0 atom stereocenters. The van der Waals surface area contributed by atoms with Gasteiger partial charge in [0, 0.05) is 5.69 Å². The normalized spacial score (nSPS) is 10.6. The first-order valence-corrected chi connectivity index (χ1v) is 9.33. The van der Waals surface area contributed by atoms with Gasteiger partial charge in [0.2, 0.25) is 0 Å². The highest BCUT2D eigenvalue weighted by Gasteiger charge is 2.24. The molecule has 3 rings (SSSR count). The molecule has 7 nitrogen and oxygen atoms in total. The van der Waals surface area contributed by atoms with Crippen LogP contribution < -0.4 is 10.1 Å². The Kier molecular flexibility index (Phi) is 5.82. The third kappa shape index (κ3) is 4.50. The van der Waals surface area contributed by atoms with Crippen molar-refractivity contribution < 1.29 is 29.0 Å². The van der Waals surface area contributed by atoms with Gasteiger partial charge in [-0.2, -0.15) is 0 Å². The standard InChI is InChI=1S/C18H14BrNO6S/c19-14-15(26-9-13(21)22)17(18(23)24)27-16(14)10-3-1-4-11(7-10)20-8-12-5-2-6-25-12/h1-7,20H,8-9H2,(H,21,22)(H,23,24). The van der Waals surface area contributed by atoms with E-state index in [0.717, 1.165) is 28.3 Å². The van der Waals surface area contributed by atoms with Crippen LogP contribution in [0.2, 0.25) is 0 Å². The molecule has 2 aromatic heterocycles. The molecule has 2 heterocycles. The second kappa shape index (κ2) is 8.28. The SMILES string of the molecule is O=C(O)COc1c(C(=O)O)sc(-c2cccc(NCc3ccco3)c2)c1Br. The zero-order valence-corrected chi connectivity index (χ0v) is 16.2. The molecule has 0 unspecified atom stereocenters. The largest absolute Gasteiger partial charge is 0.479 e. The van der Waals surface area contributed by atoms with Gasteiger partial charge in [-0.1, -0.05) is 12.1 Å². The molecule has 0 aliphatic heterocycles. The predicted octanol–water partition coefficient (Wildman–Crippen LogP) is 4.54. The maximum atomic E-state index is 11.5. The van der Waals surface area contributed by atoms with Crippen molar-refractivity contribution in [3.8, 4) is 16.2 Å². The van der Waals surface area contributed by atoms with Crippen LogP contribution in [-0.2, 0) is 11.3 Å². The van der Waals surface area contributed by atoms with Gasteiger partial charge in [-0.05, 0) is 45.8 Å². The maximum Gasteiger partial charge on any atom is 0.349 e. The number of anilines is 1. The molecular weight excluding hydrogens is 438 g/mol. The molecule has 1 aromatic carbocycles. The Bertz CT molecular complexity index is 966. The Morgan fingerprint density at radius 3 is 2.70 bits per heavy atom. The monoisotopic (exact) mass is 451 g/mol. The van der Waals surface area contributed by atoms with Crippen molar-refractivity contribution in [2.45, 2.75) is 6.54 Å². The van der Waals surface area contributed by atoms with Crippen molar-refractivity contribution in [3.05, 3.63) is 57.8 Å². The molecule has 3 aromatic rings. The van der Waals surface area contributed by atoms with E-state index in [1.54, 1.807) is 6.26 Å². The van der Waals surface area contributed by atoms with E-state index < -0.39 is 18.5 Å². The fourth-order valence-corrected chi connectivity index (χ4v) is 4.25. The summed E-state index contributed by atoms with van der Waals surface area (Å²) in [7, 11) is 0. The molecule has 27 heavy (non-hydrogen) atoms. The Hall–Kier alpha value is -2.78. The van der Waals surface area contributed by atoms with Crippen LogP contribution in [0.25, 0.3) is 10.4 Å². The topological polar surface area (TPSA) is 109 Å². The lowest BCUT2D eigenvalue weighted by atomic mass is 10.1. The Morgan fingerprint density at radius 2 is 2.04 bits per heavy atom. The van der Waals surface area contributed by atoms with Gasteiger partial charge in [-0.3, -0.25) is 0 Å². The fraction of sp³-hybridized carbons (Fsp3) is 0.111. The summed E-state index contributed by atoms with van der Waals surface area (Å²) >= 11 is 4.36. The number of carbonyl (C=O) groups is 2. The lowest BCUT2D eigenvalue weighted by Gasteiger charge is -2.07. The zero-order chi connectivity index (χ0) is 19.4. The summed E-state index contributed by atoms with van der Waals surface area (Å²) < 4.78 is 10.9. The van der Waals surface area contributed by atoms with E-state index in [9.17, 15) is 14.7 Å². The minimum Gasteiger partial charge on any atom is -0.479 e. The van der Waals surface area contributed by atoms with Crippen LogP contribution >= 0.6 is 27.3 Å². The van der Waals surface area contributed by atoms with Crippen LogP contribution in [0.5, 0.6) is 5.75 Å². The lowest BCUT2D eigenvalue weighted by molar-refractivity contribution is -0.139. The number of carboxylic acids is 2. The highest BCUT2D eigenvalue weighted by Crippen LogP contribution is 2.46. The smallest absolute Gasteiger partial charge is 0.349 e. The third-order valence-electron chi connectivity index (χ3n) is 3.51. The van der Waals surface area contributed by atoms with Gasteiger partial charge < -0.3 is 24.7 Å². The van der Waals surface area contributed by atoms with Crippen molar-refractivity contribution in [2.75, 3.05) is 11.9 Å². The van der Waals surface area contributed by atoms with Crippen LogP contribution in [0.1, 0.15) is 15.4 Å². The molecule has 0 amide bonds. The van der Waals surface area contributed by atoms with Crippen LogP contribution in [0.4, 0.5) is 5.69 Å². The maximum absolute atomic E-state index is 11.5. The number of thiophene rings is 1. The number of ether oxygens (including phenoxy) is 1. The summed E-state index contributed by atoms with van der Waals surface area (Å²) in [5, 5.41) is 21.4. The van der Waals surface area contributed by atoms with E-state index >= 15 is 0 Å². The van der Waals surface area contributed by atoms with Crippen molar-refractivity contribution in [3.63, 3.8) is 0 Å². The van der Waals surface area contributed by atoms with Gasteiger partial charge in [0.15, 0.2) is 17.2 Å². The van der Waals surface area contributed by atoms with Crippen molar-refractivity contribution in [2.24, 2.45) is 0 Å². The first-order chi connectivity index (χ1) is 13.0. The second-order valence-corrected chi connectivity index (χ2v) is 7.22. The minimum absolute atomic E-state index is 0.0128. The van der Waals surface area contributed by atoms with Gasteiger partial charge in [-0.15, -0.1) is 11.3 Å². The number of hydrogen-bond acceptors (Lipinski definition) is 6. The van der Waals surface area contributed by atoms with Crippen LogP contribution in [0.15, 0.2) is 51.6 Å². The Labute approximate surface area is 166 Å². The number of rotatable bonds is 8. The first kappa shape index (κ1) is 19.0.